The van der Waals surface area contributed by atoms with Gasteiger partial charge < -0.3 is 5.32 Å². The first-order chi connectivity index (χ1) is 14.0. The van der Waals surface area contributed by atoms with Crippen LogP contribution in [0.3, 0.4) is 0 Å². The lowest BCUT2D eigenvalue weighted by molar-refractivity contribution is -0.116. The molecule has 3 rings (SSSR count). The molecule has 0 aliphatic rings. The lowest BCUT2D eigenvalue weighted by Crippen LogP contribution is -2.24. The highest BCUT2D eigenvalue weighted by Crippen LogP contribution is 2.15. The van der Waals surface area contributed by atoms with E-state index in [0.29, 0.717) is 10.9 Å². The maximum atomic E-state index is 12.6. The summed E-state index contributed by atoms with van der Waals surface area (Å²) in [5.74, 6) is -0.133. The van der Waals surface area contributed by atoms with Crippen molar-refractivity contribution in [1.29, 1.82) is 0 Å². The number of carbonyl (C=O) groups is 1. The number of carbonyl (C=O) groups excluding carboxylic acids is 1. The molecule has 0 saturated heterocycles. The lowest BCUT2D eigenvalue weighted by Gasteiger charge is -2.18. The Morgan fingerprint density at radius 2 is 1.97 bits per heavy atom. The number of aromatic nitrogens is 2. The van der Waals surface area contributed by atoms with Crippen molar-refractivity contribution in [3.05, 3.63) is 69.2 Å². The van der Waals surface area contributed by atoms with Gasteiger partial charge in [-0.05, 0) is 49.0 Å². The minimum atomic E-state index is -0.148. The summed E-state index contributed by atoms with van der Waals surface area (Å²) in [5, 5.41) is 3.46. The van der Waals surface area contributed by atoms with Crippen LogP contribution in [0.4, 0.5) is 5.69 Å². The second-order valence-electron chi connectivity index (χ2n) is 6.86. The van der Waals surface area contributed by atoms with Crippen LogP contribution >= 0.6 is 15.9 Å². The molecule has 0 aliphatic carbocycles. The predicted octanol–water partition coefficient (Wildman–Crippen LogP) is 4.03. The Labute approximate surface area is 178 Å². The highest BCUT2D eigenvalue weighted by atomic mass is 79.9. The third-order valence-electron chi connectivity index (χ3n) is 4.88. The van der Waals surface area contributed by atoms with E-state index in [2.05, 4.69) is 51.0 Å². The molecule has 152 valence electrons. The van der Waals surface area contributed by atoms with E-state index in [9.17, 15) is 9.59 Å². The average Bonchev–Trinajstić information content (AvgIpc) is 2.72. The number of aryl methyl sites for hydroxylation is 1. The van der Waals surface area contributed by atoms with Gasteiger partial charge in [-0.25, -0.2) is 4.98 Å². The molecule has 29 heavy (non-hydrogen) atoms. The summed E-state index contributed by atoms with van der Waals surface area (Å²) in [6.07, 6.45) is 1.69. The molecule has 0 fully saturated rings. The first-order valence-electron chi connectivity index (χ1n) is 9.76. The Kier molecular flexibility index (Phi) is 7.17. The van der Waals surface area contributed by atoms with Crippen LogP contribution in [-0.2, 0) is 17.9 Å². The zero-order chi connectivity index (χ0) is 20.8. The van der Waals surface area contributed by atoms with Crippen LogP contribution in [0.1, 0.15) is 25.8 Å². The maximum Gasteiger partial charge on any atom is 0.261 e. The molecule has 0 spiro atoms. The van der Waals surface area contributed by atoms with Gasteiger partial charge in [0.1, 0.15) is 0 Å². The van der Waals surface area contributed by atoms with Crippen molar-refractivity contribution >= 4 is 38.4 Å². The molecule has 0 saturated carbocycles. The van der Waals surface area contributed by atoms with Crippen LogP contribution in [-0.4, -0.2) is 33.4 Å². The van der Waals surface area contributed by atoms with Gasteiger partial charge in [-0.2, -0.15) is 0 Å². The molecule has 6 nitrogen and oxygen atoms in total. The molecule has 0 atom stereocenters. The highest BCUT2D eigenvalue weighted by Gasteiger charge is 2.08. The summed E-state index contributed by atoms with van der Waals surface area (Å²) in [6, 6.07) is 13.3. The highest BCUT2D eigenvalue weighted by molar-refractivity contribution is 9.10. The molecule has 0 radical (unpaired) electrons. The van der Waals surface area contributed by atoms with Crippen molar-refractivity contribution in [2.45, 2.75) is 33.4 Å². The summed E-state index contributed by atoms with van der Waals surface area (Å²) >= 11 is 3.38. The van der Waals surface area contributed by atoms with Gasteiger partial charge in [0.15, 0.2) is 0 Å². The van der Waals surface area contributed by atoms with Crippen molar-refractivity contribution in [2.24, 2.45) is 0 Å². The van der Waals surface area contributed by atoms with Crippen molar-refractivity contribution in [3.63, 3.8) is 0 Å². The van der Waals surface area contributed by atoms with Gasteiger partial charge in [-0.3, -0.25) is 19.1 Å². The summed E-state index contributed by atoms with van der Waals surface area (Å²) in [6.45, 7) is 7.37. The first kappa shape index (κ1) is 21.2. The normalized spacial score (nSPS) is 11.2. The van der Waals surface area contributed by atoms with Gasteiger partial charge in [-0.15, -0.1) is 0 Å². The van der Waals surface area contributed by atoms with Gasteiger partial charge in [0, 0.05) is 29.7 Å². The average molecular weight is 457 g/mol. The van der Waals surface area contributed by atoms with E-state index in [-0.39, 0.29) is 24.4 Å². The summed E-state index contributed by atoms with van der Waals surface area (Å²) in [7, 11) is 0. The standard InChI is InChI=1S/C22H25BrN4O2/c1-3-26(4-2)14-16-6-5-7-18(12-16)25-21(28)10-11-27-15-24-20-9-8-17(23)13-19(20)22(27)29/h5-9,12-13,15H,3-4,10-11,14H2,1-2H3,(H,25,28). The number of anilines is 1. The number of hydrogen-bond donors (Lipinski definition) is 1. The van der Waals surface area contributed by atoms with Gasteiger partial charge >= 0.3 is 0 Å². The van der Waals surface area contributed by atoms with Gasteiger partial charge in [0.25, 0.3) is 5.56 Å². The maximum absolute atomic E-state index is 12.6. The zero-order valence-corrected chi connectivity index (χ0v) is 18.3. The molecule has 3 aromatic rings. The van der Waals surface area contributed by atoms with Crippen molar-refractivity contribution < 1.29 is 4.79 Å². The largest absolute Gasteiger partial charge is 0.326 e. The lowest BCUT2D eigenvalue weighted by atomic mass is 10.2. The van der Waals surface area contributed by atoms with E-state index in [0.717, 1.165) is 35.4 Å². The van der Waals surface area contributed by atoms with Gasteiger partial charge in [0.05, 0.1) is 17.2 Å². The number of rotatable bonds is 8. The molecule has 1 amide bonds. The molecule has 1 N–H and O–H groups in total. The summed E-state index contributed by atoms with van der Waals surface area (Å²) < 4.78 is 2.30. The molecule has 0 bridgehead atoms. The minimum Gasteiger partial charge on any atom is -0.326 e. The van der Waals surface area contributed by atoms with Gasteiger partial charge in [-0.1, -0.05) is 41.9 Å². The molecule has 0 aliphatic heterocycles. The number of nitrogens with zero attached hydrogens (tertiary/aromatic N) is 3. The number of nitrogens with one attached hydrogen (secondary N) is 1. The van der Waals surface area contributed by atoms with E-state index in [1.165, 1.54) is 10.9 Å². The molecular formula is C22H25BrN4O2. The Bertz CT molecular complexity index is 1060. The first-order valence-corrected chi connectivity index (χ1v) is 10.5. The Morgan fingerprint density at radius 3 is 2.72 bits per heavy atom. The summed E-state index contributed by atoms with van der Waals surface area (Å²) in [4.78, 5) is 31.6. The molecular weight excluding hydrogens is 432 g/mol. The topological polar surface area (TPSA) is 67.2 Å². The fraction of sp³-hybridized carbons (Fsp3) is 0.318. The van der Waals surface area contributed by atoms with Crippen LogP contribution in [0.25, 0.3) is 10.9 Å². The van der Waals surface area contributed by atoms with Crippen molar-refractivity contribution in [2.75, 3.05) is 18.4 Å². The van der Waals surface area contributed by atoms with E-state index in [1.54, 1.807) is 12.1 Å². The summed E-state index contributed by atoms with van der Waals surface area (Å²) in [5.41, 5.74) is 2.42. The second-order valence-corrected chi connectivity index (χ2v) is 7.78. The molecule has 7 heteroatoms. The van der Waals surface area contributed by atoms with E-state index in [4.69, 9.17) is 0 Å². The number of fused-ring (bicyclic) bond motifs is 1. The van der Waals surface area contributed by atoms with Crippen LogP contribution in [0.15, 0.2) is 58.1 Å². The smallest absolute Gasteiger partial charge is 0.261 e. The zero-order valence-electron chi connectivity index (χ0n) is 16.7. The molecule has 0 unspecified atom stereocenters. The number of hydrogen-bond acceptors (Lipinski definition) is 4. The van der Waals surface area contributed by atoms with Crippen molar-refractivity contribution in [1.82, 2.24) is 14.5 Å². The number of halogens is 1. The minimum absolute atomic E-state index is 0.133. The van der Waals surface area contributed by atoms with E-state index >= 15 is 0 Å². The Morgan fingerprint density at radius 1 is 1.17 bits per heavy atom. The van der Waals surface area contributed by atoms with E-state index < -0.39 is 0 Å². The molecule has 2 aromatic carbocycles. The third kappa shape index (κ3) is 5.52. The molecule has 1 heterocycles. The fourth-order valence-corrected chi connectivity index (χ4v) is 3.55. The fourth-order valence-electron chi connectivity index (χ4n) is 3.19. The number of benzene rings is 2. The van der Waals surface area contributed by atoms with Crippen LogP contribution in [0, 0.1) is 0 Å². The quantitative estimate of drug-likeness (QED) is 0.555. The van der Waals surface area contributed by atoms with Crippen molar-refractivity contribution in [3.8, 4) is 0 Å². The van der Waals surface area contributed by atoms with E-state index in [1.807, 2.05) is 24.3 Å². The van der Waals surface area contributed by atoms with Crippen LogP contribution in [0.5, 0.6) is 0 Å². The van der Waals surface area contributed by atoms with Crippen LogP contribution < -0.4 is 10.9 Å². The SMILES string of the molecule is CCN(CC)Cc1cccc(NC(=O)CCn2cnc3ccc(Br)cc3c2=O)c1. The second kappa shape index (κ2) is 9.80. The third-order valence-corrected chi connectivity index (χ3v) is 5.37. The van der Waals surface area contributed by atoms with Gasteiger partial charge in [0.2, 0.25) is 5.91 Å². The van der Waals surface area contributed by atoms with Crippen LogP contribution in [0.2, 0.25) is 0 Å². The Hall–Kier alpha value is -2.51. The Balaban J connectivity index is 1.64. The monoisotopic (exact) mass is 456 g/mol. The number of amides is 1. The molecule has 1 aromatic heterocycles. The predicted molar refractivity (Wildman–Crippen MR) is 120 cm³/mol.